The zero-order valence-corrected chi connectivity index (χ0v) is 22.1. The summed E-state index contributed by atoms with van der Waals surface area (Å²) >= 11 is 6.47. The molecule has 1 amide bonds. The summed E-state index contributed by atoms with van der Waals surface area (Å²) in [4.78, 5) is 29.4. The molecule has 0 fully saturated rings. The first-order valence-electron chi connectivity index (χ1n) is 12.7. The third kappa shape index (κ3) is 4.76. The van der Waals surface area contributed by atoms with Crippen molar-refractivity contribution in [1.29, 1.82) is 0 Å². The highest BCUT2D eigenvalue weighted by Gasteiger charge is 2.43. The minimum atomic E-state index is -0.625. The van der Waals surface area contributed by atoms with Crippen LogP contribution in [0.25, 0.3) is 11.0 Å². The van der Waals surface area contributed by atoms with Crippen molar-refractivity contribution in [3.05, 3.63) is 109 Å². The second-order valence-corrected chi connectivity index (χ2v) is 10.1. The highest BCUT2D eigenvalue weighted by molar-refractivity contribution is 6.31. The van der Waals surface area contributed by atoms with Crippen molar-refractivity contribution in [2.75, 3.05) is 6.61 Å². The molecule has 37 heavy (non-hydrogen) atoms. The molecule has 0 N–H and O–H groups in total. The molecular formula is C31H30ClNO4. The highest BCUT2D eigenvalue weighted by atomic mass is 35.5. The van der Waals surface area contributed by atoms with E-state index >= 15 is 0 Å². The number of rotatable bonds is 8. The molecule has 0 radical (unpaired) electrons. The van der Waals surface area contributed by atoms with Crippen molar-refractivity contribution >= 4 is 28.5 Å². The minimum absolute atomic E-state index is 0.0899. The summed E-state index contributed by atoms with van der Waals surface area (Å²) in [7, 11) is 0. The van der Waals surface area contributed by atoms with E-state index < -0.39 is 6.04 Å². The maximum atomic E-state index is 13.9. The van der Waals surface area contributed by atoms with E-state index in [4.69, 9.17) is 20.8 Å². The molecule has 190 valence electrons. The van der Waals surface area contributed by atoms with Crippen molar-refractivity contribution in [2.24, 2.45) is 0 Å². The number of nitrogens with zero attached hydrogens (tertiary/aromatic N) is 1. The van der Waals surface area contributed by atoms with E-state index in [9.17, 15) is 9.59 Å². The summed E-state index contributed by atoms with van der Waals surface area (Å²) in [6.07, 6.45) is 3.19. The molecule has 0 spiro atoms. The van der Waals surface area contributed by atoms with Crippen LogP contribution >= 0.6 is 11.6 Å². The van der Waals surface area contributed by atoms with E-state index in [1.165, 1.54) is 0 Å². The number of benzene rings is 3. The molecule has 5 rings (SSSR count). The van der Waals surface area contributed by atoms with Gasteiger partial charge in [-0.3, -0.25) is 9.59 Å². The molecule has 1 aliphatic rings. The number of fused-ring (bicyclic) bond motifs is 2. The van der Waals surface area contributed by atoms with Gasteiger partial charge in [0.15, 0.2) is 5.43 Å². The molecule has 1 aromatic heterocycles. The third-order valence-corrected chi connectivity index (χ3v) is 7.44. The van der Waals surface area contributed by atoms with Crippen molar-refractivity contribution in [3.63, 3.8) is 0 Å². The van der Waals surface area contributed by atoms with Crippen LogP contribution in [0.1, 0.15) is 70.6 Å². The fourth-order valence-corrected chi connectivity index (χ4v) is 5.11. The van der Waals surface area contributed by atoms with Crippen LogP contribution in [0.2, 0.25) is 5.02 Å². The second-order valence-electron chi connectivity index (χ2n) is 9.66. The Morgan fingerprint density at radius 1 is 0.973 bits per heavy atom. The Morgan fingerprint density at radius 2 is 1.76 bits per heavy atom. The summed E-state index contributed by atoms with van der Waals surface area (Å²) in [5.41, 5.74) is 4.18. The number of hydrogen-bond acceptors (Lipinski definition) is 4. The van der Waals surface area contributed by atoms with Crippen LogP contribution in [0.5, 0.6) is 5.75 Å². The van der Waals surface area contributed by atoms with Crippen LogP contribution in [0, 0.1) is 13.8 Å². The van der Waals surface area contributed by atoms with E-state index in [1.54, 1.807) is 11.0 Å². The summed E-state index contributed by atoms with van der Waals surface area (Å²) in [6.45, 7) is 6.94. The number of amides is 1. The number of aryl methyl sites for hydroxylation is 2. The van der Waals surface area contributed by atoms with Gasteiger partial charge in [0.05, 0.1) is 23.6 Å². The van der Waals surface area contributed by atoms with Crippen LogP contribution in [0.3, 0.4) is 0 Å². The van der Waals surface area contributed by atoms with Gasteiger partial charge in [0, 0.05) is 11.6 Å². The van der Waals surface area contributed by atoms with E-state index in [2.05, 4.69) is 6.92 Å². The highest BCUT2D eigenvalue weighted by Crippen LogP contribution is 2.40. The average molecular weight is 516 g/mol. The van der Waals surface area contributed by atoms with Crippen molar-refractivity contribution < 1.29 is 13.9 Å². The van der Waals surface area contributed by atoms with E-state index in [1.807, 2.05) is 68.4 Å². The Balaban J connectivity index is 1.64. The maximum absolute atomic E-state index is 13.9. The zero-order valence-electron chi connectivity index (χ0n) is 21.3. The molecule has 0 saturated carbocycles. The number of unbranched alkanes of at least 4 members (excludes halogenated alkanes) is 2. The van der Waals surface area contributed by atoms with Crippen molar-refractivity contribution in [1.82, 2.24) is 4.90 Å². The summed E-state index contributed by atoms with van der Waals surface area (Å²) in [5.74, 6) is 0.474. The lowest BCUT2D eigenvalue weighted by molar-refractivity contribution is 0.0714. The minimum Gasteiger partial charge on any atom is -0.494 e. The topological polar surface area (TPSA) is 59.8 Å². The van der Waals surface area contributed by atoms with Gasteiger partial charge in [-0.15, -0.1) is 0 Å². The normalized spacial score (nSPS) is 14.9. The first-order chi connectivity index (χ1) is 17.9. The Kier molecular flexibility index (Phi) is 7.07. The van der Waals surface area contributed by atoms with E-state index in [0.717, 1.165) is 41.5 Å². The van der Waals surface area contributed by atoms with Crippen LogP contribution in [-0.4, -0.2) is 17.4 Å². The monoisotopic (exact) mass is 515 g/mol. The van der Waals surface area contributed by atoms with Gasteiger partial charge in [-0.25, -0.2) is 0 Å². The SMILES string of the molecule is CCCCCOc1cccc(C2c3c(oc4cc(C)c(C)cc4c3=O)C(=O)N2Cc2ccccc2Cl)c1. The van der Waals surface area contributed by atoms with Gasteiger partial charge >= 0.3 is 0 Å². The molecule has 5 nitrogen and oxygen atoms in total. The molecule has 6 heteroatoms. The largest absolute Gasteiger partial charge is 0.494 e. The molecule has 0 bridgehead atoms. The average Bonchev–Trinajstić information content (AvgIpc) is 3.16. The van der Waals surface area contributed by atoms with Crippen molar-refractivity contribution in [3.8, 4) is 5.75 Å². The lowest BCUT2D eigenvalue weighted by Gasteiger charge is -2.26. The van der Waals surface area contributed by atoms with Gasteiger partial charge in [0.1, 0.15) is 11.3 Å². The molecule has 4 aromatic rings. The molecule has 1 aliphatic heterocycles. The summed E-state index contributed by atoms with van der Waals surface area (Å²) in [6, 6.07) is 18.1. The first kappa shape index (κ1) is 25.1. The molecule has 0 aliphatic carbocycles. The van der Waals surface area contributed by atoms with Gasteiger partial charge in [-0.1, -0.05) is 61.7 Å². The Labute approximate surface area is 221 Å². The van der Waals surface area contributed by atoms with Gasteiger partial charge in [0.2, 0.25) is 5.76 Å². The smallest absolute Gasteiger partial charge is 0.291 e. The van der Waals surface area contributed by atoms with Gasteiger partial charge in [-0.05, 0) is 72.9 Å². The number of carbonyl (C=O) groups excluding carboxylic acids is 1. The van der Waals surface area contributed by atoms with Gasteiger partial charge < -0.3 is 14.1 Å². The molecule has 0 saturated heterocycles. The fraction of sp³-hybridized carbons (Fsp3) is 0.290. The molecule has 1 unspecified atom stereocenters. The number of ether oxygens (including phenoxy) is 1. The zero-order chi connectivity index (χ0) is 26.1. The lowest BCUT2D eigenvalue weighted by atomic mass is 9.97. The number of halogens is 1. The molecule has 3 aromatic carbocycles. The maximum Gasteiger partial charge on any atom is 0.291 e. The summed E-state index contributed by atoms with van der Waals surface area (Å²) < 4.78 is 12.1. The number of hydrogen-bond donors (Lipinski definition) is 0. The van der Waals surface area contributed by atoms with Crippen LogP contribution in [-0.2, 0) is 6.54 Å². The molecule has 1 atom stereocenters. The van der Waals surface area contributed by atoms with E-state index in [0.29, 0.717) is 33.9 Å². The Morgan fingerprint density at radius 3 is 2.54 bits per heavy atom. The van der Waals surface area contributed by atoms with Crippen LogP contribution in [0.4, 0.5) is 0 Å². The van der Waals surface area contributed by atoms with E-state index in [-0.39, 0.29) is 23.6 Å². The van der Waals surface area contributed by atoms with Crippen LogP contribution < -0.4 is 10.2 Å². The standard InChI is InChI=1S/C31H30ClNO4/c1-4-5-8-14-36-23-12-9-11-21(17-23)28-27-29(34)24-15-19(2)20(3)16-26(24)37-30(27)31(35)33(28)18-22-10-6-7-13-25(22)32/h6-7,9-13,15-17,28H,4-5,8,14,18H2,1-3H3. The summed E-state index contributed by atoms with van der Waals surface area (Å²) in [5, 5.41) is 1.04. The Bertz CT molecular complexity index is 1540. The lowest BCUT2D eigenvalue weighted by Crippen LogP contribution is -2.29. The molecular weight excluding hydrogens is 486 g/mol. The first-order valence-corrected chi connectivity index (χ1v) is 13.1. The van der Waals surface area contributed by atoms with Gasteiger partial charge in [-0.2, -0.15) is 0 Å². The third-order valence-electron chi connectivity index (χ3n) is 7.07. The molecule has 2 heterocycles. The predicted molar refractivity (Wildman–Crippen MR) is 147 cm³/mol. The second kappa shape index (κ2) is 10.4. The quantitative estimate of drug-likeness (QED) is 0.230. The van der Waals surface area contributed by atoms with Crippen molar-refractivity contribution in [2.45, 2.75) is 52.6 Å². The predicted octanol–water partition coefficient (Wildman–Crippen LogP) is 7.38. The van der Waals surface area contributed by atoms with Crippen LogP contribution in [0.15, 0.2) is 69.9 Å². The fourth-order valence-electron chi connectivity index (χ4n) is 4.91. The van der Waals surface area contributed by atoms with Gasteiger partial charge in [0.25, 0.3) is 5.91 Å². The number of carbonyl (C=O) groups is 1. The Hall–Kier alpha value is -3.57.